The Hall–Kier alpha value is -5.51. The molecule has 25 nitrogen and oxygen atoms in total. The van der Waals surface area contributed by atoms with Crippen LogP contribution in [-0.4, -0.2) is 123 Å². The summed E-state index contributed by atoms with van der Waals surface area (Å²) in [5, 5.41) is 30.4. The number of hydrogen-bond acceptors (Lipinski definition) is 18. The minimum Gasteiger partial charge on any atom is -0.756 e. The molecule has 88 heavy (non-hydrogen) atoms. The second-order valence-corrected chi connectivity index (χ2v) is 27.4. The summed E-state index contributed by atoms with van der Waals surface area (Å²) in [6, 6.07) is 3.04. The van der Waals surface area contributed by atoms with Crippen molar-refractivity contribution in [3.05, 3.63) is 76.6 Å². The normalized spacial score (nSPS) is 32.6. The Labute approximate surface area is 527 Å². The van der Waals surface area contributed by atoms with E-state index in [0.29, 0.717) is 52.3 Å². The van der Waals surface area contributed by atoms with E-state index in [4.69, 9.17) is 68.5 Å². The molecular weight excluding hydrogens is 1200 g/mol. The molecule has 2 saturated heterocycles. The van der Waals surface area contributed by atoms with Crippen molar-refractivity contribution in [1.82, 2.24) is 14.9 Å². The molecule has 0 spiro atoms. The van der Waals surface area contributed by atoms with Gasteiger partial charge in [0.1, 0.15) is 12.2 Å². The van der Waals surface area contributed by atoms with E-state index < -0.39 is 119 Å². The fourth-order valence-corrected chi connectivity index (χ4v) is 15.1. The SMILES string of the molecule is CC(C)=C1[N-]C(C)(C2N=C(/C(C)=C3N=C(/C=C4\N=CC(C)(CC(N)=O)C4CCC(N)=O)C(C)(C)C\3CCC(N)=O)C(C)(CCC(=O)NCC(C)OP(=O)([O-])OC3C(O)OC(n4cnc5cc(C)c(C)cc54)C3O)C2CN)C(C)(CN)C1CCC(N)=O.[CH3-].[Co+2]. The Morgan fingerprint density at radius 3 is 2.06 bits per heavy atom. The summed E-state index contributed by atoms with van der Waals surface area (Å²) in [5.41, 5.74) is 40.2. The number of hydrogen-bond donors (Lipinski definition) is 9. The second-order valence-electron chi connectivity index (χ2n) is 26.0. The first-order valence-corrected chi connectivity index (χ1v) is 30.9. The van der Waals surface area contributed by atoms with Gasteiger partial charge < -0.3 is 85.9 Å². The number of aliphatic imine (C=N–C) groups is 3. The summed E-state index contributed by atoms with van der Waals surface area (Å²) in [6.45, 7) is 23.0. The standard InChI is InChI=1S/C60H91N13O12P.CH3.Co/c1-30(2)48-37(15-18-45(65)76)59(11,27-62)60(12,72-48)53-38(25-61)58(10,20-19-47(78)67-26-33(5)84-86(81,82)85-51-50(79)54(83-55(51)80)73-29-69-40-21-31(3)32(4)22-41(40)73)52(71-53)34(6)49-36(14-17-44(64)75)56(7,8)42(70-49)23-39-35(13-16-43(63)74)57(9,28-68-39)24-46(66)77;;/h21-23,28-29,33,35-38,50-51,53-55,79-80H,13-20,24-27,61-62H2,1-12H3,(H2,63,74)(H2,64,75)(H2,65,76)(H2,66,77)(H,67,78)(H,81,82);1H3;/q2*-1;+2/p-1/b39-23-,49-34-;;. The van der Waals surface area contributed by atoms with E-state index in [0.717, 1.165) is 22.4 Å². The largest absolute Gasteiger partial charge is 2.00 e. The van der Waals surface area contributed by atoms with Crippen LogP contribution in [0, 0.1) is 66.6 Å². The van der Waals surface area contributed by atoms with Crippen molar-refractivity contribution in [2.45, 2.75) is 183 Å². The number of nitrogens with zero attached hydrogens (tertiary/aromatic N) is 6. The third-order valence-corrected chi connectivity index (χ3v) is 20.6. The number of nitrogens with one attached hydrogen (secondary N) is 1. The van der Waals surface area contributed by atoms with Crippen LogP contribution in [0.4, 0.5) is 0 Å². The number of phosphoric ester groups is 1. The molecule has 5 amide bonds. The first kappa shape index (κ1) is 73.2. The van der Waals surface area contributed by atoms with Gasteiger partial charge in [0.05, 0.1) is 23.5 Å². The maximum Gasteiger partial charge on any atom is 2.00 e. The van der Waals surface area contributed by atoms with Gasteiger partial charge in [-0.15, -0.1) is 0 Å². The summed E-state index contributed by atoms with van der Waals surface area (Å²) in [6.07, 6.45) is -1.66. The summed E-state index contributed by atoms with van der Waals surface area (Å²) >= 11 is 0. The Morgan fingerprint density at radius 2 is 1.49 bits per heavy atom. The van der Waals surface area contributed by atoms with Crippen molar-refractivity contribution in [2.24, 2.45) is 94.7 Å². The smallest absolute Gasteiger partial charge is 0.756 e. The number of benzene rings is 1. The zero-order valence-electron chi connectivity index (χ0n) is 53.1. The number of aryl methyl sites for hydroxylation is 2. The van der Waals surface area contributed by atoms with E-state index in [2.05, 4.69) is 17.2 Å². The van der Waals surface area contributed by atoms with Crippen LogP contribution in [0.5, 0.6) is 0 Å². The molecule has 6 heterocycles. The predicted octanol–water partition coefficient (Wildman–Crippen LogP) is 4.52. The third-order valence-electron chi connectivity index (χ3n) is 19.4. The first-order chi connectivity index (χ1) is 40.0. The van der Waals surface area contributed by atoms with Gasteiger partial charge in [0.15, 0.2) is 12.5 Å². The van der Waals surface area contributed by atoms with E-state index in [9.17, 15) is 43.6 Å². The quantitative estimate of drug-likeness (QED) is 0.0462. The molecule has 0 aliphatic carbocycles. The molecule has 5 aliphatic heterocycles. The zero-order chi connectivity index (χ0) is 64.0. The van der Waals surface area contributed by atoms with Crippen LogP contribution in [0.2, 0.25) is 0 Å². The summed E-state index contributed by atoms with van der Waals surface area (Å²) in [7, 11) is -5.29. The molecule has 7 rings (SSSR count). The molecule has 15 N–H and O–H groups in total. The number of aliphatic hydroxyl groups is 2. The van der Waals surface area contributed by atoms with Gasteiger partial charge in [0.2, 0.25) is 29.5 Å². The van der Waals surface area contributed by atoms with Crippen LogP contribution in [0.1, 0.15) is 144 Å². The Morgan fingerprint density at radius 1 is 0.898 bits per heavy atom. The number of fused-ring (bicyclic) bond motifs is 1. The molecule has 1 radical (unpaired) electrons. The number of carbonyl (C=O) groups excluding carboxylic acids is 5. The molecule has 0 bridgehead atoms. The topological polar surface area (TPSA) is 431 Å². The number of phosphoric acid groups is 1. The van der Waals surface area contributed by atoms with E-state index in [1.165, 1.54) is 17.8 Å². The number of nitrogens with two attached hydrogens (primary N) is 6. The molecule has 1 aromatic heterocycles. The van der Waals surface area contributed by atoms with Crippen molar-refractivity contribution in [3.63, 3.8) is 0 Å². The predicted molar refractivity (Wildman–Crippen MR) is 330 cm³/mol. The van der Waals surface area contributed by atoms with Crippen molar-refractivity contribution in [3.8, 4) is 0 Å². The van der Waals surface area contributed by atoms with Crippen LogP contribution in [0.15, 0.2) is 67.8 Å². The van der Waals surface area contributed by atoms with E-state index in [1.54, 1.807) is 6.21 Å². The second kappa shape index (κ2) is 27.9. The number of imidazole rings is 1. The van der Waals surface area contributed by atoms with E-state index in [1.807, 2.05) is 87.4 Å². The third kappa shape index (κ3) is 14.5. The number of rotatable bonds is 26. The van der Waals surface area contributed by atoms with E-state index >= 15 is 0 Å². The minimum atomic E-state index is -5.29. The number of carbonyl (C=O) groups is 5. The van der Waals surface area contributed by atoms with Gasteiger partial charge in [-0.2, -0.15) is 5.70 Å². The molecule has 0 saturated carbocycles. The molecule has 15 atom stereocenters. The average Bonchev–Trinajstić information content (AvgIpc) is 1.61. The number of primary amides is 4. The molecule has 15 unspecified atom stereocenters. The van der Waals surface area contributed by atoms with Crippen LogP contribution >= 0.6 is 7.82 Å². The molecule has 1 aromatic carbocycles. The molecule has 27 heteroatoms. The fourth-order valence-electron chi connectivity index (χ4n) is 14.0. The summed E-state index contributed by atoms with van der Waals surface area (Å²) < 4.78 is 31.1. The van der Waals surface area contributed by atoms with Gasteiger partial charge in [-0.05, 0) is 127 Å². The number of aliphatic hydroxyl groups excluding tert-OH is 2. The van der Waals surface area contributed by atoms with Gasteiger partial charge in [-0.3, -0.25) is 43.5 Å². The molecule has 2 aromatic rings. The molecule has 5 aliphatic rings. The van der Waals surface area contributed by atoms with Gasteiger partial charge >= 0.3 is 16.8 Å². The van der Waals surface area contributed by atoms with Crippen molar-refractivity contribution < 1.29 is 74.2 Å². The Kier molecular flexibility index (Phi) is 23.2. The Bertz CT molecular complexity index is 3250. The average molecular weight is 1290 g/mol. The van der Waals surface area contributed by atoms with Crippen molar-refractivity contribution in [1.29, 1.82) is 0 Å². The molecule has 2 fully saturated rings. The minimum absolute atomic E-state index is 0. The summed E-state index contributed by atoms with van der Waals surface area (Å²) in [4.78, 5) is 97.4. The van der Waals surface area contributed by atoms with Gasteiger partial charge in [0, 0.05) is 108 Å². The molecular formula is C61H93CoN13O12P-. The number of ether oxygens (including phenoxy) is 1. The first-order valence-electron chi connectivity index (χ1n) is 29.5. The van der Waals surface area contributed by atoms with Gasteiger partial charge in [-0.25, -0.2) is 4.98 Å². The monoisotopic (exact) mass is 1290 g/mol. The van der Waals surface area contributed by atoms with Crippen LogP contribution in [0.25, 0.3) is 16.4 Å². The van der Waals surface area contributed by atoms with Crippen molar-refractivity contribution in [2.75, 3.05) is 19.6 Å². The zero-order valence-corrected chi connectivity index (χ0v) is 55.0. The summed E-state index contributed by atoms with van der Waals surface area (Å²) in [5.74, 6) is -4.15. The maximum atomic E-state index is 14.2. The van der Waals surface area contributed by atoms with Gasteiger partial charge in [0.25, 0.3) is 7.82 Å². The molecule has 489 valence electrons. The van der Waals surface area contributed by atoms with Gasteiger partial charge in [-0.1, -0.05) is 52.7 Å². The van der Waals surface area contributed by atoms with Crippen molar-refractivity contribution >= 4 is 66.0 Å². The van der Waals surface area contributed by atoms with Crippen LogP contribution in [0.3, 0.4) is 0 Å². The van der Waals surface area contributed by atoms with Crippen LogP contribution < -0.4 is 44.6 Å². The Balaban J connectivity index is 0.00000705. The number of amides is 5. The van der Waals surface area contributed by atoms with Crippen LogP contribution in [-0.2, 0) is 59.1 Å². The number of aromatic nitrogens is 2. The fraction of sp³-hybridized carbons (Fsp3) is 0.639. The maximum absolute atomic E-state index is 14.2. The number of allylic oxidation sites excluding steroid dienone is 6. The van der Waals surface area contributed by atoms with E-state index in [-0.39, 0.29) is 94.7 Å².